The maximum atomic E-state index is 12.7. The van der Waals surface area contributed by atoms with E-state index in [1.807, 2.05) is 30.5 Å². The normalized spacial score (nSPS) is 34.0. The van der Waals surface area contributed by atoms with Crippen LogP contribution in [-0.4, -0.2) is 12.0 Å². The van der Waals surface area contributed by atoms with Gasteiger partial charge in [0.15, 0.2) is 0 Å². The van der Waals surface area contributed by atoms with Gasteiger partial charge in [0.25, 0.3) is 0 Å². The van der Waals surface area contributed by atoms with Gasteiger partial charge in [-0.2, -0.15) is 0 Å². The standard InChI is InChI=1S/C18H22ClNO/c1-17(2)14-8-9-18(17,3)16(21)13(14)11-20-10-12-6-4-5-7-15(12)19/h4-7,11,13-14H,8-10H2,1-3H3/t13-,14-,18+/m1/s1. The topological polar surface area (TPSA) is 29.4 Å². The van der Waals surface area contributed by atoms with E-state index in [2.05, 4.69) is 25.8 Å². The number of carbonyl (C=O) groups excluding carboxylic acids is 1. The fraction of sp³-hybridized carbons (Fsp3) is 0.556. The van der Waals surface area contributed by atoms with Crippen LogP contribution in [0, 0.1) is 22.7 Å². The predicted octanol–water partition coefficient (Wildman–Crippen LogP) is 4.55. The Kier molecular flexibility index (Phi) is 3.48. The minimum atomic E-state index is -0.168. The van der Waals surface area contributed by atoms with Crippen LogP contribution >= 0.6 is 11.6 Å². The van der Waals surface area contributed by atoms with E-state index in [-0.39, 0.29) is 16.7 Å². The molecule has 0 spiro atoms. The summed E-state index contributed by atoms with van der Waals surface area (Å²) in [7, 11) is 0. The summed E-state index contributed by atoms with van der Waals surface area (Å²) in [4.78, 5) is 17.2. The fourth-order valence-electron chi connectivity index (χ4n) is 4.22. The molecule has 3 heteroatoms. The third-order valence-electron chi connectivity index (χ3n) is 6.07. The first kappa shape index (κ1) is 14.8. The molecule has 1 aromatic carbocycles. The van der Waals surface area contributed by atoms with Crippen molar-refractivity contribution in [2.45, 2.75) is 40.2 Å². The van der Waals surface area contributed by atoms with Crippen molar-refractivity contribution in [3.63, 3.8) is 0 Å². The van der Waals surface area contributed by atoms with Crippen molar-refractivity contribution in [2.24, 2.45) is 27.7 Å². The van der Waals surface area contributed by atoms with Crippen molar-refractivity contribution >= 4 is 23.6 Å². The quantitative estimate of drug-likeness (QED) is 0.753. The summed E-state index contributed by atoms with van der Waals surface area (Å²) in [5.41, 5.74) is 0.931. The SMILES string of the molecule is CC1(C)[C@@H]2CC[C@@]1(C)C(=O)[C@@H]2C=NCc1ccccc1Cl. The summed E-state index contributed by atoms with van der Waals surface area (Å²) in [6.45, 7) is 7.17. The molecule has 3 atom stereocenters. The lowest BCUT2D eigenvalue weighted by molar-refractivity contribution is -0.129. The van der Waals surface area contributed by atoms with Crippen molar-refractivity contribution in [3.05, 3.63) is 34.9 Å². The largest absolute Gasteiger partial charge is 0.298 e. The number of hydrogen-bond acceptors (Lipinski definition) is 2. The van der Waals surface area contributed by atoms with Gasteiger partial charge in [-0.15, -0.1) is 0 Å². The van der Waals surface area contributed by atoms with Crippen LogP contribution in [-0.2, 0) is 11.3 Å². The molecule has 0 N–H and O–H groups in total. The zero-order chi connectivity index (χ0) is 15.3. The van der Waals surface area contributed by atoms with Crippen molar-refractivity contribution < 1.29 is 4.79 Å². The minimum absolute atomic E-state index is 0.0127. The number of fused-ring (bicyclic) bond motifs is 2. The first-order valence-electron chi connectivity index (χ1n) is 7.65. The summed E-state index contributed by atoms with van der Waals surface area (Å²) in [5, 5.41) is 0.737. The predicted molar refractivity (Wildman–Crippen MR) is 86.8 cm³/mol. The number of nitrogens with zero attached hydrogens (tertiary/aromatic N) is 1. The van der Waals surface area contributed by atoms with E-state index in [0.29, 0.717) is 18.2 Å². The number of benzene rings is 1. The van der Waals surface area contributed by atoms with Gasteiger partial charge in [0.05, 0.1) is 12.5 Å². The summed E-state index contributed by atoms with van der Waals surface area (Å²) in [6, 6.07) is 7.73. The molecular formula is C18H22ClNO. The summed E-state index contributed by atoms with van der Waals surface area (Å²) >= 11 is 6.14. The van der Waals surface area contributed by atoms with Gasteiger partial charge in [-0.1, -0.05) is 50.6 Å². The molecule has 2 saturated carbocycles. The molecule has 112 valence electrons. The summed E-state index contributed by atoms with van der Waals surface area (Å²) in [5.74, 6) is 0.804. The van der Waals surface area contributed by atoms with E-state index >= 15 is 0 Å². The molecule has 21 heavy (non-hydrogen) atoms. The van der Waals surface area contributed by atoms with Crippen LogP contribution in [0.5, 0.6) is 0 Å². The van der Waals surface area contributed by atoms with E-state index in [1.54, 1.807) is 0 Å². The molecule has 3 rings (SSSR count). The molecule has 0 saturated heterocycles. The second kappa shape index (κ2) is 4.95. The molecule has 0 aromatic heterocycles. The molecule has 1 aromatic rings. The smallest absolute Gasteiger partial charge is 0.147 e. The Morgan fingerprint density at radius 1 is 1.33 bits per heavy atom. The molecule has 0 unspecified atom stereocenters. The van der Waals surface area contributed by atoms with Crippen LogP contribution in [0.25, 0.3) is 0 Å². The molecule has 2 aliphatic rings. The second-order valence-electron chi connectivity index (χ2n) is 7.17. The van der Waals surface area contributed by atoms with Crippen LogP contribution in [0.2, 0.25) is 5.02 Å². The Morgan fingerprint density at radius 2 is 2.05 bits per heavy atom. The van der Waals surface area contributed by atoms with Gasteiger partial charge < -0.3 is 0 Å². The monoisotopic (exact) mass is 303 g/mol. The molecule has 2 bridgehead atoms. The van der Waals surface area contributed by atoms with Crippen LogP contribution in [0.3, 0.4) is 0 Å². The Labute approximate surface area is 131 Å². The average Bonchev–Trinajstić information content (AvgIpc) is 2.75. The first-order chi connectivity index (χ1) is 9.88. The molecule has 0 aliphatic heterocycles. The van der Waals surface area contributed by atoms with E-state index < -0.39 is 0 Å². The van der Waals surface area contributed by atoms with Gasteiger partial charge in [-0.05, 0) is 35.8 Å². The van der Waals surface area contributed by atoms with Crippen LogP contribution in [0.1, 0.15) is 39.2 Å². The highest BCUT2D eigenvalue weighted by atomic mass is 35.5. The van der Waals surface area contributed by atoms with Crippen LogP contribution in [0.4, 0.5) is 0 Å². The Balaban J connectivity index is 1.76. The number of halogens is 1. The van der Waals surface area contributed by atoms with Gasteiger partial charge in [-0.25, -0.2) is 0 Å². The lowest BCUT2D eigenvalue weighted by Crippen LogP contribution is -2.33. The number of ketones is 1. The first-order valence-corrected chi connectivity index (χ1v) is 8.03. The molecule has 2 nitrogen and oxygen atoms in total. The van der Waals surface area contributed by atoms with Gasteiger partial charge in [0.1, 0.15) is 5.78 Å². The average molecular weight is 304 g/mol. The minimum Gasteiger partial charge on any atom is -0.298 e. The van der Waals surface area contributed by atoms with Crippen molar-refractivity contribution in [3.8, 4) is 0 Å². The maximum Gasteiger partial charge on any atom is 0.147 e. The van der Waals surface area contributed by atoms with Crippen LogP contribution < -0.4 is 0 Å². The van der Waals surface area contributed by atoms with Crippen LogP contribution in [0.15, 0.2) is 29.3 Å². The van der Waals surface area contributed by atoms with E-state index in [0.717, 1.165) is 23.4 Å². The number of rotatable bonds is 3. The molecule has 2 aliphatic carbocycles. The summed E-state index contributed by atoms with van der Waals surface area (Å²) < 4.78 is 0. The third-order valence-corrected chi connectivity index (χ3v) is 6.44. The zero-order valence-corrected chi connectivity index (χ0v) is 13.7. The summed E-state index contributed by atoms with van der Waals surface area (Å²) in [6.07, 6.45) is 4.05. The zero-order valence-electron chi connectivity index (χ0n) is 12.9. The van der Waals surface area contributed by atoms with Gasteiger partial charge in [0, 0.05) is 16.7 Å². The second-order valence-corrected chi connectivity index (χ2v) is 7.58. The van der Waals surface area contributed by atoms with E-state index in [9.17, 15) is 4.79 Å². The van der Waals surface area contributed by atoms with Gasteiger partial charge in [0.2, 0.25) is 0 Å². The van der Waals surface area contributed by atoms with Gasteiger partial charge >= 0.3 is 0 Å². The molecule has 0 heterocycles. The van der Waals surface area contributed by atoms with Crippen molar-refractivity contribution in [2.75, 3.05) is 0 Å². The number of aliphatic imine (C=N–C) groups is 1. The third kappa shape index (κ3) is 2.07. The van der Waals surface area contributed by atoms with E-state index in [1.165, 1.54) is 0 Å². The van der Waals surface area contributed by atoms with Crippen molar-refractivity contribution in [1.82, 2.24) is 0 Å². The molecule has 0 radical (unpaired) electrons. The molecule has 2 fully saturated rings. The molecule has 0 amide bonds. The highest BCUT2D eigenvalue weighted by Gasteiger charge is 2.65. The number of Topliss-reactive ketones (excluding diaryl/α,β-unsaturated/α-hetero) is 1. The Morgan fingerprint density at radius 3 is 2.67 bits per heavy atom. The number of hydrogen-bond donors (Lipinski definition) is 0. The fourth-order valence-corrected chi connectivity index (χ4v) is 4.41. The van der Waals surface area contributed by atoms with E-state index in [4.69, 9.17) is 11.6 Å². The number of carbonyl (C=O) groups is 1. The Hall–Kier alpha value is -1.15. The maximum absolute atomic E-state index is 12.7. The molecular weight excluding hydrogens is 282 g/mol. The lowest BCUT2D eigenvalue weighted by Gasteiger charge is -2.32. The van der Waals surface area contributed by atoms with Crippen molar-refractivity contribution in [1.29, 1.82) is 0 Å². The van der Waals surface area contributed by atoms with Gasteiger partial charge in [-0.3, -0.25) is 9.79 Å². The Bertz CT molecular complexity index is 607. The highest BCUT2D eigenvalue weighted by Crippen LogP contribution is 2.65. The highest BCUT2D eigenvalue weighted by molar-refractivity contribution is 6.31. The lowest BCUT2D eigenvalue weighted by atomic mass is 9.70.